The zero-order chi connectivity index (χ0) is 8.81. The number of hydrogen-bond donors (Lipinski definition) is 1. The SMILES string of the molecule is CCCNC(=O)c1ncncn1. The number of aromatic nitrogens is 3. The summed E-state index contributed by atoms with van der Waals surface area (Å²) in [6.45, 7) is 2.62. The zero-order valence-corrected chi connectivity index (χ0v) is 6.82. The fraction of sp³-hybridized carbons (Fsp3) is 0.429. The van der Waals surface area contributed by atoms with Crippen molar-refractivity contribution in [3.63, 3.8) is 0 Å². The minimum Gasteiger partial charge on any atom is -0.349 e. The van der Waals surface area contributed by atoms with Gasteiger partial charge in [0, 0.05) is 6.54 Å². The van der Waals surface area contributed by atoms with E-state index in [0.29, 0.717) is 6.54 Å². The standard InChI is InChI=1S/C7H10N4O/c1-2-3-9-7(12)6-10-4-8-5-11-6/h4-5H,2-3H2,1H3,(H,9,12). The van der Waals surface area contributed by atoms with Crippen LogP contribution in [0.1, 0.15) is 24.0 Å². The Bertz CT molecular complexity index is 249. The monoisotopic (exact) mass is 166 g/mol. The highest BCUT2D eigenvalue weighted by molar-refractivity contribution is 5.90. The molecule has 0 atom stereocenters. The van der Waals surface area contributed by atoms with Gasteiger partial charge in [0.15, 0.2) is 0 Å². The van der Waals surface area contributed by atoms with Crippen LogP contribution >= 0.6 is 0 Å². The number of hydrogen-bond acceptors (Lipinski definition) is 4. The van der Waals surface area contributed by atoms with Crippen molar-refractivity contribution >= 4 is 5.91 Å². The van der Waals surface area contributed by atoms with Crippen LogP contribution in [-0.2, 0) is 0 Å². The van der Waals surface area contributed by atoms with Gasteiger partial charge < -0.3 is 5.32 Å². The summed E-state index contributed by atoms with van der Waals surface area (Å²) in [5, 5.41) is 2.66. The molecule has 12 heavy (non-hydrogen) atoms. The van der Waals surface area contributed by atoms with Gasteiger partial charge in [0.25, 0.3) is 5.91 Å². The van der Waals surface area contributed by atoms with Crippen LogP contribution < -0.4 is 5.32 Å². The summed E-state index contributed by atoms with van der Waals surface area (Å²) < 4.78 is 0. The third-order valence-electron chi connectivity index (χ3n) is 1.23. The molecule has 0 fully saturated rings. The summed E-state index contributed by atoms with van der Waals surface area (Å²) in [5.74, 6) is -0.0855. The summed E-state index contributed by atoms with van der Waals surface area (Å²) in [7, 11) is 0. The van der Waals surface area contributed by atoms with Gasteiger partial charge in [0.05, 0.1) is 0 Å². The van der Waals surface area contributed by atoms with E-state index in [-0.39, 0.29) is 11.7 Å². The van der Waals surface area contributed by atoms with Crippen LogP contribution in [0.2, 0.25) is 0 Å². The first-order valence-electron chi connectivity index (χ1n) is 3.74. The summed E-state index contributed by atoms with van der Waals surface area (Å²) >= 11 is 0. The van der Waals surface area contributed by atoms with Crippen molar-refractivity contribution in [2.75, 3.05) is 6.54 Å². The Hall–Kier alpha value is -1.52. The van der Waals surface area contributed by atoms with Crippen LogP contribution in [0.5, 0.6) is 0 Å². The van der Waals surface area contributed by atoms with Crippen LogP contribution in [0, 0.1) is 0 Å². The predicted octanol–water partition coefficient (Wildman–Crippen LogP) is 0.0114. The Morgan fingerprint density at radius 1 is 1.50 bits per heavy atom. The van der Waals surface area contributed by atoms with Crippen LogP contribution in [0.25, 0.3) is 0 Å². The van der Waals surface area contributed by atoms with E-state index in [1.165, 1.54) is 12.7 Å². The molecule has 0 bridgehead atoms. The van der Waals surface area contributed by atoms with Crippen LogP contribution in [-0.4, -0.2) is 27.4 Å². The van der Waals surface area contributed by atoms with Gasteiger partial charge >= 0.3 is 0 Å². The fourth-order valence-electron chi connectivity index (χ4n) is 0.674. The van der Waals surface area contributed by atoms with Crippen molar-refractivity contribution in [1.82, 2.24) is 20.3 Å². The third-order valence-corrected chi connectivity index (χ3v) is 1.23. The van der Waals surface area contributed by atoms with Gasteiger partial charge in [0.2, 0.25) is 5.82 Å². The molecule has 1 rings (SSSR count). The minimum atomic E-state index is -0.251. The van der Waals surface area contributed by atoms with Gasteiger partial charge in [0.1, 0.15) is 12.7 Å². The van der Waals surface area contributed by atoms with Crippen molar-refractivity contribution in [2.24, 2.45) is 0 Å². The minimum absolute atomic E-state index is 0.165. The molecule has 1 aromatic heterocycles. The van der Waals surface area contributed by atoms with E-state index in [9.17, 15) is 4.79 Å². The summed E-state index contributed by atoms with van der Waals surface area (Å²) in [6.07, 6.45) is 3.50. The maximum atomic E-state index is 11.1. The van der Waals surface area contributed by atoms with E-state index in [2.05, 4.69) is 20.3 Å². The molecule has 0 saturated heterocycles. The first-order chi connectivity index (χ1) is 5.84. The molecule has 1 aromatic rings. The molecule has 1 N–H and O–H groups in total. The average Bonchev–Trinajstić information content (AvgIpc) is 2.15. The molecular formula is C7H10N4O. The van der Waals surface area contributed by atoms with Gasteiger partial charge in [-0.1, -0.05) is 6.92 Å². The highest BCUT2D eigenvalue weighted by Gasteiger charge is 2.05. The summed E-state index contributed by atoms with van der Waals surface area (Å²) in [5.41, 5.74) is 0. The number of nitrogens with one attached hydrogen (secondary N) is 1. The highest BCUT2D eigenvalue weighted by Crippen LogP contribution is 1.84. The maximum Gasteiger partial charge on any atom is 0.289 e. The molecule has 1 amide bonds. The van der Waals surface area contributed by atoms with Gasteiger partial charge in [-0.05, 0) is 6.42 Å². The third kappa shape index (κ3) is 2.26. The number of nitrogens with zero attached hydrogens (tertiary/aromatic N) is 3. The molecule has 0 aliphatic carbocycles. The highest BCUT2D eigenvalue weighted by atomic mass is 16.2. The second-order valence-corrected chi connectivity index (χ2v) is 2.22. The average molecular weight is 166 g/mol. The van der Waals surface area contributed by atoms with Crippen LogP contribution in [0.4, 0.5) is 0 Å². The Kier molecular flexibility index (Phi) is 3.13. The van der Waals surface area contributed by atoms with Gasteiger partial charge in [-0.3, -0.25) is 4.79 Å². The molecule has 0 radical (unpaired) electrons. The van der Waals surface area contributed by atoms with Crippen molar-refractivity contribution in [3.8, 4) is 0 Å². The Labute approximate surface area is 70.3 Å². The van der Waals surface area contributed by atoms with E-state index in [0.717, 1.165) is 6.42 Å². The Balaban J connectivity index is 2.54. The van der Waals surface area contributed by atoms with E-state index in [1.54, 1.807) is 0 Å². The molecule has 0 aliphatic rings. The number of rotatable bonds is 3. The van der Waals surface area contributed by atoms with Gasteiger partial charge in [-0.2, -0.15) is 0 Å². The Morgan fingerprint density at radius 2 is 2.17 bits per heavy atom. The molecular weight excluding hydrogens is 156 g/mol. The number of carbonyl (C=O) groups excluding carboxylic acids is 1. The molecule has 64 valence electrons. The molecule has 0 unspecified atom stereocenters. The topological polar surface area (TPSA) is 67.8 Å². The molecule has 0 saturated carbocycles. The molecule has 0 spiro atoms. The lowest BCUT2D eigenvalue weighted by molar-refractivity contribution is 0.0943. The zero-order valence-electron chi connectivity index (χ0n) is 6.82. The lowest BCUT2D eigenvalue weighted by Crippen LogP contribution is -2.25. The van der Waals surface area contributed by atoms with E-state index in [1.807, 2.05) is 6.92 Å². The largest absolute Gasteiger partial charge is 0.349 e. The summed E-state index contributed by atoms with van der Waals surface area (Å²) in [4.78, 5) is 22.1. The second kappa shape index (κ2) is 4.38. The van der Waals surface area contributed by atoms with E-state index in [4.69, 9.17) is 0 Å². The van der Waals surface area contributed by atoms with Crippen molar-refractivity contribution in [1.29, 1.82) is 0 Å². The maximum absolute atomic E-state index is 11.1. The number of carbonyl (C=O) groups is 1. The second-order valence-electron chi connectivity index (χ2n) is 2.22. The smallest absolute Gasteiger partial charge is 0.289 e. The fourth-order valence-corrected chi connectivity index (χ4v) is 0.674. The molecule has 5 nitrogen and oxygen atoms in total. The lowest BCUT2D eigenvalue weighted by Gasteiger charge is -1.99. The van der Waals surface area contributed by atoms with E-state index < -0.39 is 0 Å². The first kappa shape index (κ1) is 8.58. The predicted molar refractivity (Wildman–Crippen MR) is 42.5 cm³/mol. The van der Waals surface area contributed by atoms with Crippen LogP contribution in [0.3, 0.4) is 0 Å². The van der Waals surface area contributed by atoms with Crippen molar-refractivity contribution in [3.05, 3.63) is 18.5 Å². The van der Waals surface area contributed by atoms with Crippen molar-refractivity contribution < 1.29 is 4.79 Å². The molecule has 0 aliphatic heterocycles. The van der Waals surface area contributed by atoms with Crippen LogP contribution in [0.15, 0.2) is 12.7 Å². The van der Waals surface area contributed by atoms with Gasteiger partial charge in [-0.25, -0.2) is 15.0 Å². The van der Waals surface area contributed by atoms with Crippen molar-refractivity contribution in [2.45, 2.75) is 13.3 Å². The number of amides is 1. The van der Waals surface area contributed by atoms with E-state index >= 15 is 0 Å². The molecule has 0 aromatic carbocycles. The molecule has 1 heterocycles. The quantitative estimate of drug-likeness (QED) is 0.686. The Morgan fingerprint density at radius 3 is 2.75 bits per heavy atom. The van der Waals surface area contributed by atoms with Gasteiger partial charge in [-0.15, -0.1) is 0 Å². The first-order valence-corrected chi connectivity index (χ1v) is 3.74. The normalized spacial score (nSPS) is 9.42. The lowest BCUT2D eigenvalue weighted by atomic mass is 10.4. The summed E-state index contributed by atoms with van der Waals surface area (Å²) in [6, 6.07) is 0. The molecule has 5 heteroatoms.